The number of aromatic amines is 1. The second kappa shape index (κ2) is 5.26. The van der Waals surface area contributed by atoms with Gasteiger partial charge in [0.2, 0.25) is 0 Å². The van der Waals surface area contributed by atoms with E-state index < -0.39 is 31.0 Å². The first kappa shape index (κ1) is 14.6. The van der Waals surface area contributed by atoms with Crippen molar-refractivity contribution in [3.8, 4) is 0 Å². The second-order valence-corrected chi connectivity index (χ2v) is 4.33. The van der Waals surface area contributed by atoms with Crippen LogP contribution in [0.3, 0.4) is 0 Å². The molecule has 20 heavy (non-hydrogen) atoms. The Kier molecular flexibility index (Phi) is 3.83. The molecule has 0 radical (unpaired) electrons. The van der Waals surface area contributed by atoms with E-state index in [1.807, 2.05) is 0 Å². The monoisotopic (exact) mass is 285 g/mol. The van der Waals surface area contributed by atoms with E-state index in [2.05, 4.69) is 19.9 Å². The first-order valence-corrected chi connectivity index (χ1v) is 5.70. The molecule has 0 saturated carbocycles. The molecule has 1 fully saturated rings. The summed E-state index contributed by atoms with van der Waals surface area (Å²) in [7, 11) is 0. The van der Waals surface area contributed by atoms with E-state index in [4.69, 9.17) is 15.6 Å². The van der Waals surface area contributed by atoms with Gasteiger partial charge in [-0.15, -0.1) is 0 Å². The molecule has 8 N–H and O–H groups in total. The number of nitrogens with two attached hydrogens (primary N) is 1. The summed E-state index contributed by atoms with van der Waals surface area (Å²) in [6, 6.07) is 0. The molecule has 110 valence electrons. The average molecular weight is 285 g/mol. The molecule has 1 aliphatic rings. The molecule has 10 heteroatoms. The van der Waals surface area contributed by atoms with Gasteiger partial charge in [0.1, 0.15) is 29.9 Å². The quantitative estimate of drug-likeness (QED) is 0.393. The van der Waals surface area contributed by atoms with Crippen LogP contribution in [0.15, 0.2) is 6.33 Å². The molecule has 4 atom stereocenters. The number of aromatic nitrogens is 4. The van der Waals surface area contributed by atoms with Crippen LogP contribution in [0.5, 0.6) is 0 Å². The van der Waals surface area contributed by atoms with Crippen LogP contribution in [0.1, 0.15) is 11.9 Å². The summed E-state index contributed by atoms with van der Waals surface area (Å²) < 4.78 is 5.33. The standard InChI is InChI=1S/C10H13N5O4.H2O/c11-8-4-9(13-2-12-4)15-10(14-8)7-6(18)5(17)3(1-16)19-7;/h2-3,5-7,16-18H,1H2,(H3,11,12,13,14,15);1H2/t3-,5-,6+,7-;/m1./s1. The van der Waals surface area contributed by atoms with Crippen molar-refractivity contribution in [1.82, 2.24) is 19.9 Å². The molecule has 3 rings (SSSR count). The van der Waals surface area contributed by atoms with E-state index in [0.717, 1.165) is 0 Å². The van der Waals surface area contributed by atoms with Gasteiger partial charge in [-0.25, -0.2) is 15.0 Å². The molecule has 2 aromatic heterocycles. The van der Waals surface area contributed by atoms with Crippen LogP contribution in [-0.2, 0) is 4.74 Å². The van der Waals surface area contributed by atoms with Crippen molar-refractivity contribution >= 4 is 17.0 Å². The van der Waals surface area contributed by atoms with Crippen LogP contribution in [0.25, 0.3) is 11.2 Å². The van der Waals surface area contributed by atoms with Gasteiger partial charge in [0.15, 0.2) is 17.3 Å². The fraction of sp³-hybridized carbons (Fsp3) is 0.500. The van der Waals surface area contributed by atoms with Gasteiger partial charge >= 0.3 is 0 Å². The van der Waals surface area contributed by atoms with Crippen molar-refractivity contribution in [3.05, 3.63) is 12.2 Å². The van der Waals surface area contributed by atoms with Crippen LogP contribution < -0.4 is 5.73 Å². The van der Waals surface area contributed by atoms with E-state index in [0.29, 0.717) is 11.2 Å². The van der Waals surface area contributed by atoms with Gasteiger partial charge in [-0.2, -0.15) is 0 Å². The summed E-state index contributed by atoms with van der Waals surface area (Å²) in [6.07, 6.45) is -2.82. The molecule has 0 aliphatic carbocycles. The number of rotatable bonds is 2. The van der Waals surface area contributed by atoms with Crippen molar-refractivity contribution in [1.29, 1.82) is 0 Å². The fourth-order valence-corrected chi connectivity index (χ4v) is 2.11. The van der Waals surface area contributed by atoms with E-state index >= 15 is 0 Å². The van der Waals surface area contributed by atoms with Gasteiger partial charge in [0, 0.05) is 0 Å². The lowest BCUT2D eigenvalue weighted by Crippen LogP contribution is -2.32. The fourth-order valence-electron chi connectivity index (χ4n) is 2.11. The maximum atomic E-state index is 9.89. The van der Waals surface area contributed by atoms with E-state index in [9.17, 15) is 10.2 Å². The average Bonchev–Trinajstić information content (AvgIpc) is 2.96. The lowest BCUT2D eigenvalue weighted by Gasteiger charge is -2.13. The SMILES string of the molecule is Nc1nc([C@@H]2O[C@H](CO)[C@@H](O)[C@@H]2O)nc2nc[nH]c12.O. The first-order chi connectivity index (χ1) is 9.11. The Balaban J connectivity index is 0.00000147. The Morgan fingerprint density at radius 2 is 2.05 bits per heavy atom. The Hall–Kier alpha value is -1.85. The Morgan fingerprint density at radius 3 is 2.70 bits per heavy atom. The predicted molar refractivity (Wildman–Crippen MR) is 66.4 cm³/mol. The number of hydrogen-bond acceptors (Lipinski definition) is 8. The highest BCUT2D eigenvalue weighted by molar-refractivity contribution is 5.80. The van der Waals surface area contributed by atoms with Crippen LogP contribution in [-0.4, -0.2) is 65.7 Å². The molecule has 1 aliphatic heterocycles. The van der Waals surface area contributed by atoms with Crippen LogP contribution in [0.2, 0.25) is 0 Å². The van der Waals surface area contributed by atoms with Crippen molar-refractivity contribution < 1.29 is 25.5 Å². The van der Waals surface area contributed by atoms with Crippen LogP contribution in [0.4, 0.5) is 5.82 Å². The normalized spacial score (nSPS) is 29.6. The number of nitrogen functional groups attached to an aromatic ring is 1. The highest BCUT2D eigenvalue weighted by atomic mass is 16.6. The summed E-state index contributed by atoms with van der Waals surface area (Å²) in [5, 5.41) is 28.6. The highest BCUT2D eigenvalue weighted by Gasteiger charge is 2.44. The topological polar surface area (TPSA) is 182 Å². The van der Waals surface area contributed by atoms with Crippen molar-refractivity contribution in [2.75, 3.05) is 12.3 Å². The maximum absolute atomic E-state index is 9.89. The first-order valence-electron chi connectivity index (χ1n) is 5.70. The third-order valence-electron chi connectivity index (χ3n) is 3.13. The molecule has 2 aromatic rings. The summed E-state index contributed by atoms with van der Waals surface area (Å²) in [5.41, 5.74) is 6.59. The highest BCUT2D eigenvalue weighted by Crippen LogP contribution is 2.32. The number of aliphatic hydroxyl groups excluding tert-OH is 3. The number of anilines is 1. The number of ether oxygens (including phenoxy) is 1. The molecular formula is C10H15N5O5. The second-order valence-electron chi connectivity index (χ2n) is 4.33. The minimum Gasteiger partial charge on any atom is -0.412 e. The Morgan fingerprint density at radius 1 is 1.30 bits per heavy atom. The predicted octanol–water partition coefficient (Wildman–Crippen LogP) is -2.74. The van der Waals surface area contributed by atoms with Gasteiger partial charge in [0.05, 0.1) is 12.9 Å². The number of H-pyrrole nitrogens is 1. The zero-order valence-electron chi connectivity index (χ0n) is 10.3. The van der Waals surface area contributed by atoms with Crippen molar-refractivity contribution in [2.24, 2.45) is 0 Å². The number of hydrogen-bond donors (Lipinski definition) is 5. The minimum absolute atomic E-state index is 0. The van der Waals surface area contributed by atoms with Crippen molar-refractivity contribution in [2.45, 2.75) is 24.4 Å². The number of imidazole rings is 1. The molecule has 10 nitrogen and oxygen atoms in total. The van der Waals surface area contributed by atoms with Gasteiger partial charge in [-0.1, -0.05) is 0 Å². The summed E-state index contributed by atoms with van der Waals surface area (Å²) in [6.45, 7) is -0.408. The third kappa shape index (κ3) is 2.09. The van der Waals surface area contributed by atoms with Crippen molar-refractivity contribution in [3.63, 3.8) is 0 Å². The van der Waals surface area contributed by atoms with E-state index in [1.54, 1.807) is 0 Å². The molecule has 0 spiro atoms. The van der Waals surface area contributed by atoms with Crippen LogP contribution in [0, 0.1) is 0 Å². The molecule has 0 amide bonds. The van der Waals surface area contributed by atoms with E-state index in [-0.39, 0.29) is 17.1 Å². The van der Waals surface area contributed by atoms with E-state index in [1.165, 1.54) is 6.33 Å². The zero-order valence-corrected chi connectivity index (χ0v) is 10.3. The Bertz CT molecular complexity index is 605. The molecule has 0 bridgehead atoms. The van der Waals surface area contributed by atoms with Gasteiger partial charge < -0.3 is 36.3 Å². The lowest BCUT2D eigenvalue weighted by molar-refractivity contribution is -0.0251. The zero-order chi connectivity index (χ0) is 13.6. The third-order valence-corrected chi connectivity index (χ3v) is 3.13. The Labute approximate surface area is 112 Å². The summed E-state index contributed by atoms with van der Waals surface area (Å²) in [4.78, 5) is 14.9. The van der Waals surface area contributed by atoms with Gasteiger partial charge in [-0.05, 0) is 0 Å². The summed E-state index contributed by atoms with van der Waals surface area (Å²) in [5.74, 6) is 0.301. The molecule has 0 aromatic carbocycles. The lowest BCUT2D eigenvalue weighted by atomic mass is 10.1. The number of fused-ring (bicyclic) bond motifs is 1. The number of nitrogens with one attached hydrogen (secondary N) is 1. The smallest absolute Gasteiger partial charge is 0.183 e. The minimum atomic E-state index is -1.23. The van der Waals surface area contributed by atoms with Gasteiger partial charge in [-0.3, -0.25) is 0 Å². The van der Waals surface area contributed by atoms with Gasteiger partial charge in [0.25, 0.3) is 0 Å². The number of nitrogens with zero attached hydrogens (tertiary/aromatic N) is 3. The summed E-state index contributed by atoms with van der Waals surface area (Å²) >= 11 is 0. The molecule has 0 unspecified atom stereocenters. The maximum Gasteiger partial charge on any atom is 0.183 e. The molecule has 3 heterocycles. The molecular weight excluding hydrogens is 270 g/mol. The van der Waals surface area contributed by atoms with Crippen LogP contribution >= 0.6 is 0 Å². The molecule has 1 saturated heterocycles. The largest absolute Gasteiger partial charge is 0.412 e. The number of aliphatic hydroxyl groups is 3.